The van der Waals surface area contributed by atoms with E-state index in [9.17, 15) is 4.79 Å². The van der Waals surface area contributed by atoms with Crippen LogP contribution in [0.3, 0.4) is 0 Å². The molecule has 2 aromatic carbocycles. The summed E-state index contributed by atoms with van der Waals surface area (Å²) in [7, 11) is 0. The Balaban J connectivity index is 1.83. The first-order valence-electron chi connectivity index (χ1n) is 9.23. The van der Waals surface area contributed by atoms with Gasteiger partial charge in [0.25, 0.3) is 5.89 Å². The number of hydrogen-bond donors (Lipinski definition) is 1. The second kappa shape index (κ2) is 8.34. The fraction of sp³-hybridized carbons (Fsp3) is 0.136. The van der Waals surface area contributed by atoms with Gasteiger partial charge in [-0.3, -0.25) is 4.90 Å². The molecule has 0 aliphatic carbocycles. The predicted octanol–water partition coefficient (Wildman–Crippen LogP) is 5.73. The maximum atomic E-state index is 12.7. The van der Waals surface area contributed by atoms with Crippen LogP contribution < -0.4 is 5.32 Å². The third-order valence-corrected chi connectivity index (χ3v) is 5.30. The van der Waals surface area contributed by atoms with Gasteiger partial charge in [0.2, 0.25) is 5.82 Å². The standard InChI is InChI=1S/C22H18Cl2N4O2/c1-3-10-28-13(2)18(19(25-22(28)29)14-6-4-8-16(23)11-14)21-26-20(27-30-21)15-7-5-9-17(24)12-15/h3-9,11-12,19H,1,10H2,2H3,(H,25,29). The molecular weight excluding hydrogens is 423 g/mol. The van der Waals surface area contributed by atoms with Crippen LogP contribution in [-0.4, -0.2) is 27.6 Å². The summed E-state index contributed by atoms with van der Waals surface area (Å²) < 4.78 is 5.61. The van der Waals surface area contributed by atoms with Gasteiger partial charge in [0.05, 0.1) is 11.6 Å². The molecule has 0 saturated carbocycles. The van der Waals surface area contributed by atoms with Crippen LogP contribution in [0.15, 0.2) is 71.4 Å². The average molecular weight is 441 g/mol. The quantitative estimate of drug-likeness (QED) is 0.514. The number of urea groups is 1. The summed E-state index contributed by atoms with van der Waals surface area (Å²) in [6.45, 7) is 5.93. The van der Waals surface area contributed by atoms with Crippen molar-refractivity contribution in [3.8, 4) is 11.4 Å². The summed E-state index contributed by atoms with van der Waals surface area (Å²) in [6.07, 6.45) is 1.66. The van der Waals surface area contributed by atoms with Crippen molar-refractivity contribution in [1.29, 1.82) is 0 Å². The molecule has 1 atom stereocenters. The first-order chi connectivity index (χ1) is 14.5. The second-order valence-electron chi connectivity index (χ2n) is 6.77. The Bertz CT molecular complexity index is 1160. The van der Waals surface area contributed by atoms with E-state index >= 15 is 0 Å². The number of nitrogens with one attached hydrogen (secondary N) is 1. The van der Waals surface area contributed by atoms with Crippen LogP contribution in [0.5, 0.6) is 0 Å². The highest BCUT2D eigenvalue weighted by Crippen LogP contribution is 2.38. The molecule has 0 fully saturated rings. The molecule has 1 aliphatic rings. The van der Waals surface area contributed by atoms with Crippen molar-refractivity contribution in [3.05, 3.63) is 88.4 Å². The smallest absolute Gasteiger partial charge is 0.322 e. The predicted molar refractivity (Wildman–Crippen MR) is 117 cm³/mol. The molecule has 2 heterocycles. The molecule has 1 aromatic heterocycles. The largest absolute Gasteiger partial charge is 0.334 e. The molecule has 1 N–H and O–H groups in total. The molecule has 4 rings (SSSR count). The van der Waals surface area contributed by atoms with E-state index in [-0.39, 0.29) is 6.03 Å². The minimum absolute atomic E-state index is 0.240. The Morgan fingerprint density at radius 2 is 1.93 bits per heavy atom. The van der Waals surface area contributed by atoms with Gasteiger partial charge in [0.15, 0.2) is 0 Å². The number of rotatable bonds is 5. The van der Waals surface area contributed by atoms with Gasteiger partial charge in [-0.25, -0.2) is 4.79 Å². The molecule has 2 amide bonds. The fourth-order valence-electron chi connectivity index (χ4n) is 3.42. The first-order valence-corrected chi connectivity index (χ1v) is 9.98. The summed E-state index contributed by atoms with van der Waals surface area (Å²) in [5.74, 6) is 0.714. The molecule has 3 aromatic rings. The number of hydrogen-bond acceptors (Lipinski definition) is 4. The molecule has 1 unspecified atom stereocenters. The Kier molecular flexibility index (Phi) is 5.61. The maximum Gasteiger partial charge on any atom is 0.322 e. The van der Waals surface area contributed by atoms with Gasteiger partial charge in [-0.2, -0.15) is 4.98 Å². The molecule has 30 heavy (non-hydrogen) atoms. The van der Waals surface area contributed by atoms with Gasteiger partial charge in [-0.1, -0.05) is 58.7 Å². The van der Waals surface area contributed by atoms with E-state index in [2.05, 4.69) is 22.0 Å². The van der Waals surface area contributed by atoms with Gasteiger partial charge in [0, 0.05) is 27.9 Å². The number of aromatic nitrogens is 2. The zero-order chi connectivity index (χ0) is 21.3. The summed E-state index contributed by atoms with van der Waals surface area (Å²) in [5, 5.41) is 8.27. The van der Waals surface area contributed by atoms with Gasteiger partial charge < -0.3 is 9.84 Å². The van der Waals surface area contributed by atoms with Crippen molar-refractivity contribution in [2.24, 2.45) is 0 Å². The lowest BCUT2D eigenvalue weighted by molar-refractivity contribution is 0.209. The normalized spacial score (nSPS) is 16.6. The Hall–Kier alpha value is -3.09. The number of halogens is 2. The number of carbonyl (C=O) groups is 1. The molecule has 152 valence electrons. The van der Waals surface area contributed by atoms with E-state index in [1.165, 1.54) is 0 Å². The van der Waals surface area contributed by atoms with E-state index in [0.29, 0.717) is 39.6 Å². The second-order valence-corrected chi connectivity index (χ2v) is 7.64. The minimum atomic E-state index is -0.495. The zero-order valence-electron chi connectivity index (χ0n) is 16.1. The SMILES string of the molecule is C=CCN1C(=O)NC(c2cccc(Cl)c2)C(c2nc(-c3cccc(Cl)c3)no2)=C1C. The molecule has 0 radical (unpaired) electrons. The molecule has 1 aliphatic heterocycles. The van der Waals surface area contributed by atoms with Crippen molar-refractivity contribution in [1.82, 2.24) is 20.4 Å². The minimum Gasteiger partial charge on any atom is -0.334 e. The molecule has 6 nitrogen and oxygen atoms in total. The fourth-order valence-corrected chi connectivity index (χ4v) is 3.81. The molecular formula is C22H18Cl2N4O2. The van der Waals surface area contributed by atoms with Crippen LogP contribution in [0.4, 0.5) is 4.79 Å². The third-order valence-electron chi connectivity index (χ3n) is 4.83. The van der Waals surface area contributed by atoms with Gasteiger partial charge in [0.1, 0.15) is 0 Å². The number of benzene rings is 2. The van der Waals surface area contributed by atoms with Gasteiger partial charge in [-0.05, 0) is 36.8 Å². The van der Waals surface area contributed by atoms with Crippen molar-refractivity contribution in [2.75, 3.05) is 6.54 Å². The lowest BCUT2D eigenvalue weighted by Gasteiger charge is -2.34. The zero-order valence-corrected chi connectivity index (χ0v) is 17.6. The van der Waals surface area contributed by atoms with Crippen LogP contribution in [-0.2, 0) is 0 Å². The van der Waals surface area contributed by atoms with Crippen LogP contribution in [0.25, 0.3) is 17.0 Å². The van der Waals surface area contributed by atoms with Crippen LogP contribution >= 0.6 is 23.2 Å². The first kappa shape index (κ1) is 20.2. The van der Waals surface area contributed by atoms with E-state index in [1.807, 2.05) is 31.2 Å². The third kappa shape index (κ3) is 3.84. The van der Waals surface area contributed by atoms with E-state index in [1.54, 1.807) is 35.2 Å². The Morgan fingerprint density at radius 1 is 1.20 bits per heavy atom. The lowest BCUT2D eigenvalue weighted by Crippen LogP contribution is -2.46. The number of amides is 2. The van der Waals surface area contributed by atoms with Crippen molar-refractivity contribution < 1.29 is 9.32 Å². The summed E-state index contributed by atoms with van der Waals surface area (Å²) in [6, 6.07) is 13.8. The van der Waals surface area contributed by atoms with Crippen LogP contribution in [0.1, 0.15) is 24.4 Å². The average Bonchev–Trinajstić information content (AvgIpc) is 3.20. The summed E-state index contributed by atoms with van der Waals surface area (Å²) in [5.41, 5.74) is 2.94. The number of allylic oxidation sites excluding steroid dienone is 1. The van der Waals surface area contributed by atoms with Gasteiger partial charge in [-0.15, -0.1) is 6.58 Å². The number of nitrogens with zero attached hydrogens (tertiary/aromatic N) is 3. The molecule has 0 spiro atoms. The molecule has 0 bridgehead atoms. The van der Waals surface area contributed by atoms with E-state index < -0.39 is 6.04 Å². The highest BCUT2D eigenvalue weighted by Gasteiger charge is 2.35. The Morgan fingerprint density at radius 3 is 2.63 bits per heavy atom. The maximum absolute atomic E-state index is 12.7. The number of carbonyl (C=O) groups excluding carboxylic acids is 1. The topological polar surface area (TPSA) is 71.3 Å². The highest BCUT2D eigenvalue weighted by atomic mass is 35.5. The van der Waals surface area contributed by atoms with E-state index in [0.717, 1.165) is 11.1 Å². The van der Waals surface area contributed by atoms with Gasteiger partial charge >= 0.3 is 6.03 Å². The van der Waals surface area contributed by atoms with E-state index in [4.69, 9.17) is 27.7 Å². The summed E-state index contributed by atoms with van der Waals surface area (Å²) in [4.78, 5) is 18.9. The van der Waals surface area contributed by atoms with Crippen molar-refractivity contribution in [3.63, 3.8) is 0 Å². The van der Waals surface area contributed by atoms with Crippen molar-refractivity contribution >= 4 is 34.8 Å². The molecule has 0 saturated heterocycles. The molecule has 8 heteroatoms. The van der Waals surface area contributed by atoms with Crippen LogP contribution in [0, 0.1) is 0 Å². The highest BCUT2D eigenvalue weighted by molar-refractivity contribution is 6.31. The van der Waals surface area contributed by atoms with Crippen molar-refractivity contribution in [2.45, 2.75) is 13.0 Å². The Labute approximate surface area is 183 Å². The lowest BCUT2D eigenvalue weighted by atomic mass is 9.94. The monoisotopic (exact) mass is 440 g/mol. The van der Waals surface area contributed by atoms with Crippen LogP contribution in [0.2, 0.25) is 10.0 Å². The summed E-state index contributed by atoms with van der Waals surface area (Å²) >= 11 is 12.3.